The summed E-state index contributed by atoms with van der Waals surface area (Å²) in [6, 6.07) is 20.9. The molecule has 1 atom stereocenters. The molecule has 0 radical (unpaired) electrons. The summed E-state index contributed by atoms with van der Waals surface area (Å²) in [7, 11) is 3.44. The largest absolute Gasteiger partial charge is 0.507 e. The Hall–Kier alpha value is -2.93. The van der Waals surface area contributed by atoms with Crippen molar-refractivity contribution in [2.75, 3.05) is 40.5 Å². The maximum absolute atomic E-state index is 10.4. The van der Waals surface area contributed by atoms with Gasteiger partial charge in [0.15, 0.2) is 0 Å². The van der Waals surface area contributed by atoms with E-state index in [4.69, 9.17) is 9.47 Å². The second-order valence-electron chi connectivity index (χ2n) is 9.65. The van der Waals surface area contributed by atoms with Crippen LogP contribution in [0.5, 0.6) is 11.5 Å². The Kier molecular flexibility index (Phi) is 9.73. The van der Waals surface area contributed by atoms with Crippen molar-refractivity contribution in [2.45, 2.75) is 38.4 Å². The summed E-state index contributed by atoms with van der Waals surface area (Å²) in [5.74, 6) is 1.63. The van der Waals surface area contributed by atoms with E-state index in [1.807, 2.05) is 30.6 Å². The number of rotatable bonds is 12. The lowest BCUT2D eigenvalue weighted by Crippen LogP contribution is -2.47. The summed E-state index contributed by atoms with van der Waals surface area (Å²) >= 11 is 0. The minimum atomic E-state index is 0.306. The average molecular weight is 490 g/mol. The minimum absolute atomic E-state index is 0.306. The van der Waals surface area contributed by atoms with Crippen molar-refractivity contribution in [3.63, 3.8) is 0 Å². The van der Waals surface area contributed by atoms with Crippen molar-refractivity contribution >= 4 is 0 Å². The van der Waals surface area contributed by atoms with Gasteiger partial charge in [-0.15, -0.1) is 0 Å². The summed E-state index contributed by atoms with van der Waals surface area (Å²) in [4.78, 5) is 9.39. The van der Waals surface area contributed by atoms with Gasteiger partial charge in [0.2, 0.25) is 0 Å². The van der Waals surface area contributed by atoms with Crippen LogP contribution in [0.2, 0.25) is 0 Å². The molecule has 6 heteroatoms. The molecule has 4 rings (SSSR count). The lowest BCUT2D eigenvalue weighted by molar-refractivity contribution is 0.0568. The Morgan fingerprint density at radius 3 is 2.47 bits per heavy atom. The number of phenolic OH excluding ortho intramolecular Hbond substituents is 1. The number of ether oxygens (including phenoxy) is 2. The molecule has 1 aliphatic rings. The molecule has 0 amide bonds. The Balaban J connectivity index is 1.49. The maximum atomic E-state index is 10.4. The molecular formula is C30H39N3O3. The zero-order chi connectivity index (χ0) is 25.2. The predicted molar refractivity (Wildman–Crippen MR) is 143 cm³/mol. The molecule has 36 heavy (non-hydrogen) atoms. The third-order valence-corrected chi connectivity index (χ3v) is 7.33. The van der Waals surface area contributed by atoms with Crippen LogP contribution in [-0.4, -0.2) is 66.4 Å². The summed E-state index contributed by atoms with van der Waals surface area (Å²) in [6.45, 7) is 5.16. The second kappa shape index (κ2) is 13.4. The van der Waals surface area contributed by atoms with E-state index in [0.717, 1.165) is 56.8 Å². The van der Waals surface area contributed by atoms with E-state index in [1.165, 1.54) is 11.1 Å². The summed E-state index contributed by atoms with van der Waals surface area (Å²) in [5, 5.41) is 10.4. The van der Waals surface area contributed by atoms with E-state index < -0.39 is 0 Å². The highest BCUT2D eigenvalue weighted by Crippen LogP contribution is 2.32. The van der Waals surface area contributed by atoms with E-state index in [9.17, 15) is 5.11 Å². The lowest BCUT2D eigenvalue weighted by Gasteiger charge is -2.41. The number of hydrogen-bond donors (Lipinski definition) is 1. The summed E-state index contributed by atoms with van der Waals surface area (Å²) in [6.07, 6.45) is 7.05. The van der Waals surface area contributed by atoms with Gasteiger partial charge in [0.05, 0.1) is 13.7 Å². The number of likely N-dealkylation sites (tertiary alicyclic amines) is 1. The van der Waals surface area contributed by atoms with Crippen LogP contribution in [0.4, 0.5) is 0 Å². The quantitative estimate of drug-likeness (QED) is 0.396. The molecule has 1 N–H and O–H groups in total. The smallest absolute Gasteiger partial charge is 0.127 e. The Labute approximate surface area is 215 Å². The van der Waals surface area contributed by atoms with Gasteiger partial charge in [-0.25, -0.2) is 0 Å². The van der Waals surface area contributed by atoms with Crippen molar-refractivity contribution in [1.82, 2.24) is 14.8 Å². The van der Waals surface area contributed by atoms with E-state index in [2.05, 4.69) is 51.2 Å². The van der Waals surface area contributed by atoms with Crippen LogP contribution in [-0.2, 0) is 24.2 Å². The standard InChI is InChI=1S/C30H39N3O3/c1-35-19-18-33(22-25-10-7-15-31-21-25)28(20-24-8-4-3-5-9-24)26-13-16-32(17-14-26)23-27-29(34)11-6-12-30(27)36-2/h3-12,15,21,26,28,34H,13-14,16-20,22-23H2,1-2H3/t28-/m0/s1. The van der Waals surface area contributed by atoms with Crippen LogP contribution in [0.15, 0.2) is 73.1 Å². The lowest BCUT2D eigenvalue weighted by atomic mass is 9.84. The predicted octanol–water partition coefficient (Wildman–Crippen LogP) is 4.77. The Morgan fingerprint density at radius 1 is 1.00 bits per heavy atom. The molecular weight excluding hydrogens is 450 g/mol. The molecule has 2 heterocycles. The number of piperidine rings is 1. The monoisotopic (exact) mass is 489 g/mol. The first-order valence-electron chi connectivity index (χ1n) is 12.9. The molecule has 6 nitrogen and oxygen atoms in total. The van der Waals surface area contributed by atoms with Crippen LogP contribution >= 0.6 is 0 Å². The zero-order valence-corrected chi connectivity index (χ0v) is 21.6. The number of pyridine rings is 1. The van der Waals surface area contributed by atoms with E-state index in [-0.39, 0.29) is 0 Å². The van der Waals surface area contributed by atoms with Crippen LogP contribution in [0.1, 0.15) is 29.5 Å². The highest BCUT2D eigenvalue weighted by atomic mass is 16.5. The Bertz CT molecular complexity index is 1040. The first-order chi connectivity index (χ1) is 17.7. The number of hydrogen-bond acceptors (Lipinski definition) is 6. The van der Waals surface area contributed by atoms with Gasteiger partial charge in [-0.2, -0.15) is 0 Å². The van der Waals surface area contributed by atoms with Gasteiger partial charge in [-0.3, -0.25) is 14.8 Å². The van der Waals surface area contributed by atoms with Gasteiger partial charge in [0.25, 0.3) is 0 Å². The molecule has 0 spiro atoms. The molecule has 1 aromatic heterocycles. The molecule has 1 aliphatic heterocycles. The normalized spacial score (nSPS) is 15.8. The fourth-order valence-corrected chi connectivity index (χ4v) is 5.37. The van der Waals surface area contributed by atoms with Gasteiger partial charge in [0, 0.05) is 50.7 Å². The van der Waals surface area contributed by atoms with Crippen LogP contribution < -0.4 is 4.74 Å². The highest BCUT2D eigenvalue weighted by Gasteiger charge is 2.31. The molecule has 0 unspecified atom stereocenters. The van der Waals surface area contributed by atoms with Crippen molar-refractivity contribution in [2.24, 2.45) is 5.92 Å². The van der Waals surface area contributed by atoms with Crippen molar-refractivity contribution in [3.05, 3.63) is 89.7 Å². The van der Waals surface area contributed by atoms with Gasteiger partial charge >= 0.3 is 0 Å². The van der Waals surface area contributed by atoms with Crippen LogP contribution in [0, 0.1) is 5.92 Å². The van der Waals surface area contributed by atoms with E-state index in [0.29, 0.717) is 30.9 Å². The maximum Gasteiger partial charge on any atom is 0.127 e. The number of nitrogens with zero attached hydrogens (tertiary/aromatic N) is 3. The fourth-order valence-electron chi connectivity index (χ4n) is 5.37. The number of aromatic nitrogens is 1. The van der Waals surface area contributed by atoms with Gasteiger partial charge in [-0.1, -0.05) is 42.5 Å². The van der Waals surface area contributed by atoms with Crippen molar-refractivity contribution < 1.29 is 14.6 Å². The Morgan fingerprint density at radius 2 is 1.78 bits per heavy atom. The molecule has 2 aromatic carbocycles. The van der Waals surface area contributed by atoms with Crippen molar-refractivity contribution in [1.29, 1.82) is 0 Å². The van der Waals surface area contributed by atoms with Gasteiger partial charge in [0.1, 0.15) is 11.5 Å². The molecule has 192 valence electrons. The van der Waals surface area contributed by atoms with Crippen molar-refractivity contribution in [3.8, 4) is 11.5 Å². The zero-order valence-electron chi connectivity index (χ0n) is 21.6. The first kappa shape index (κ1) is 26.1. The third kappa shape index (κ3) is 7.06. The molecule has 0 aliphatic carbocycles. The van der Waals surface area contributed by atoms with Crippen LogP contribution in [0.3, 0.4) is 0 Å². The summed E-state index contributed by atoms with van der Waals surface area (Å²) in [5.41, 5.74) is 3.48. The van der Waals surface area contributed by atoms with E-state index in [1.54, 1.807) is 20.3 Å². The molecule has 0 saturated carbocycles. The second-order valence-corrected chi connectivity index (χ2v) is 9.65. The van der Waals surface area contributed by atoms with E-state index >= 15 is 0 Å². The highest BCUT2D eigenvalue weighted by molar-refractivity contribution is 5.43. The first-order valence-corrected chi connectivity index (χ1v) is 12.9. The summed E-state index contributed by atoms with van der Waals surface area (Å²) < 4.78 is 11.0. The van der Waals surface area contributed by atoms with Gasteiger partial charge in [-0.05, 0) is 67.6 Å². The number of methoxy groups -OCH3 is 2. The van der Waals surface area contributed by atoms with Crippen LogP contribution in [0.25, 0.3) is 0 Å². The SMILES string of the molecule is COCCN(Cc1cccnc1)[C@@H](Cc1ccccc1)C1CCN(Cc2c(O)cccc2OC)CC1. The fraction of sp³-hybridized carbons (Fsp3) is 0.433. The van der Waals surface area contributed by atoms with Gasteiger partial charge < -0.3 is 14.6 Å². The molecule has 1 saturated heterocycles. The number of phenols is 1. The average Bonchev–Trinajstić information content (AvgIpc) is 2.92. The topological polar surface area (TPSA) is 58.1 Å². The number of benzene rings is 2. The number of aromatic hydroxyl groups is 1. The molecule has 0 bridgehead atoms. The molecule has 3 aromatic rings. The molecule has 1 fully saturated rings. The minimum Gasteiger partial charge on any atom is -0.507 e. The third-order valence-electron chi connectivity index (χ3n) is 7.33.